The molecule has 2 fully saturated rings. The summed E-state index contributed by atoms with van der Waals surface area (Å²) in [6.07, 6.45) is 4.45. The number of aromatic nitrogens is 4. The van der Waals surface area contributed by atoms with Crippen LogP contribution >= 0.6 is 0 Å². The second kappa shape index (κ2) is 6.44. The first-order chi connectivity index (χ1) is 13.2. The van der Waals surface area contributed by atoms with E-state index in [-0.39, 0.29) is 11.6 Å². The maximum atomic E-state index is 13.2. The SMILES string of the molecule is Cc1ccc(N2CCCC2c2nc3ccccc3c(=O)n2CC2CC2)nn1. The molecule has 0 radical (unpaired) electrons. The molecule has 3 heterocycles. The van der Waals surface area contributed by atoms with Gasteiger partial charge in [0, 0.05) is 13.1 Å². The number of benzene rings is 1. The summed E-state index contributed by atoms with van der Waals surface area (Å²) < 4.78 is 1.94. The van der Waals surface area contributed by atoms with Gasteiger partial charge < -0.3 is 4.90 Å². The Balaban J connectivity index is 1.63. The van der Waals surface area contributed by atoms with E-state index in [1.54, 1.807) is 0 Å². The van der Waals surface area contributed by atoms with E-state index >= 15 is 0 Å². The van der Waals surface area contributed by atoms with Gasteiger partial charge in [-0.1, -0.05) is 12.1 Å². The van der Waals surface area contributed by atoms with Crippen LogP contribution in [0.3, 0.4) is 0 Å². The Labute approximate surface area is 157 Å². The Hall–Kier alpha value is -2.76. The van der Waals surface area contributed by atoms with Gasteiger partial charge in [0.2, 0.25) is 0 Å². The van der Waals surface area contributed by atoms with Crippen molar-refractivity contribution in [3.8, 4) is 0 Å². The van der Waals surface area contributed by atoms with E-state index in [9.17, 15) is 4.79 Å². The molecule has 1 aromatic carbocycles. The average Bonchev–Trinajstić information content (AvgIpc) is 3.38. The van der Waals surface area contributed by atoms with Gasteiger partial charge >= 0.3 is 0 Å². The number of aryl methyl sites for hydroxylation is 1. The first kappa shape index (κ1) is 16.4. The van der Waals surface area contributed by atoms with Gasteiger partial charge in [-0.05, 0) is 62.8 Å². The molecule has 2 aromatic heterocycles. The van der Waals surface area contributed by atoms with Crippen LogP contribution in [0.4, 0.5) is 5.82 Å². The fraction of sp³-hybridized carbons (Fsp3) is 0.429. The predicted octanol–water partition coefficient (Wildman–Crippen LogP) is 3.25. The molecule has 1 atom stereocenters. The normalized spacial score (nSPS) is 19.7. The summed E-state index contributed by atoms with van der Waals surface area (Å²) >= 11 is 0. The van der Waals surface area contributed by atoms with Crippen LogP contribution in [0.1, 0.15) is 43.2 Å². The van der Waals surface area contributed by atoms with Crippen molar-refractivity contribution >= 4 is 16.7 Å². The molecule has 0 spiro atoms. The van der Waals surface area contributed by atoms with E-state index in [1.807, 2.05) is 47.9 Å². The highest BCUT2D eigenvalue weighted by molar-refractivity contribution is 5.77. The summed E-state index contributed by atoms with van der Waals surface area (Å²) in [6.45, 7) is 3.63. The first-order valence-corrected chi connectivity index (χ1v) is 9.77. The number of fused-ring (bicyclic) bond motifs is 1. The minimum absolute atomic E-state index is 0.0677. The number of hydrogen-bond donors (Lipinski definition) is 0. The smallest absolute Gasteiger partial charge is 0.261 e. The highest BCUT2D eigenvalue weighted by Gasteiger charge is 2.33. The zero-order valence-corrected chi connectivity index (χ0v) is 15.5. The van der Waals surface area contributed by atoms with Crippen molar-refractivity contribution in [3.05, 3.63) is 58.3 Å². The molecule has 0 amide bonds. The van der Waals surface area contributed by atoms with Gasteiger partial charge in [0.15, 0.2) is 5.82 Å². The van der Waals surface area contributed by atoms with Crippen molar-refractivity contribution in [2.75, 3.05) is 11.4 Å². The zero-order valence-electron chi connectivity index (χ0n) is 15.5. The molecule has 1 saturated carbocycles. The minimum Gasteiger partial charge on any atom is -0.345 e. The Morgan fingerprint density at radius 2 is 1.93 bits per heavy atom. The molecule has 6 heteroatoms. The van der Waals surface area contributed by atoms with Gasteiger partial charge in [-0.2, -0.15) is 5.10 Å². The van der Waals surface area contributed by atoms with E-state index in [1.165, 1.54) is 12.8 Å². The second-order valence-corrected chi connectivity index (χ2v) is 7.73. The molecule has 1 aliphatic heterocycles. The number of rotatable bonds is 4. The Morgan fingerprint density at radius 3 is 2.70 bits per heavy atom. The molecule has 5 rings (SSSR count). The molecule has 1 aliphatic carbocycles. The van der Waals surface area contributed by atoms with Crippen LogP contribution in [0.15, 0.2) is 41.2 Å². The summed E-state index contributed by atoms with van der Waals surface area (Å²) in [4.78, 5) is 20.5. The fourth-order valence-electron chi connectivity index (χ4n) is 4.03. The number of anilines is 1. The molecule has 0 bridgehead atoms. The van der Waals surface area contributed by atoms with Crippen LogP contribution in [0.2, 0.25) is 0 Å². The average molecular weight is 361 g/mol. The lowest BCUT2D eigenvalue weighted by atomic mass is 10.1. The van der Waals surface area contributed by atoms with Crippen LogP contribution in [0.25, 0.3) is 10.9 Å². The van der Waals surface area contributed by atoms with Crippen LogP contribution in [0.5, 0.6) is 0 Å². The third kappa shape index (κ3) is 2.99. The lowest BCUT2D eigenvalue weighted by Crippen LogP contribution is -2.33. The molecule has 27 heavy (non-hydrogen) atoms. The summed E-state index contributed by atoms with van der Waals surface area (Å²) in [7, 11) is 0. The zero-order chi connectivity index (χ0) is 18.4. The standard InChI is InChI=1S/C21H23N5O/c1-14-8-11-19(24-23-14)25-12-4-7-18(25)20-22-17-6-3-2-5-16(17)21(27)26(20)13-15-9-10-15/h2-3,5-6,8,11,15,18H,4,7,9-10,12-13H2,1H3. The van der Waals surface area contributed by atoms with Crippen molar-refractivity contribution in [1.82, 2.24) is 19.7 Å². The topological polar surface area (TPSA) is 63.9 Å². The Morgan fingerprint density at radius 1 is 1.07 bits per heavy atom. The van der Waals surface area contributed by atoms with Gasteiger partial charge in [0.1, 0.15) is 5.82 Å². The van der Waals surface area contributed by atoms with Crippen molar-refractivity contribution in [1.29, 1.82) is 0 Å². The van der Waals surface area contributed by atoms with Gasteiger partial charge in [0.05, 0.1) is 22.6 Å². The predicted molar refractivity (Wildman–Crippen MR) is 105 cm³/mol. The van der Waals surface area contributed by atoms with Crippen LogP contribution in [-0.4, -0.2) is 26.3 Å². The molecule has 0 N–H and O–H groups in total. The van der Waals surface area contributed by atoms with Crippen LogP contribution < -0.4 is 10.5 Å². The van der Waals surface area contributed by atoms with Crippen LogP contribution in [0, 0.1) is 12.8 Å². The van der Waals surface area contributed by atoms with Gasteiger partial charge in [-0.3, -0.25) is 9.36 Å². The Bertz CT molecular complexity index is 1040. The van der Waals surface area contributed by atoms with Crippen molar-refractivity contribution in [3.63, 3.8) is 0 Å². The maximum absolute atomic E-state index is 13.2. The quantitative estimate of drug-likeness (QED) is 0.714. The molecule has 6 nitrogen and oxygen atoms in total. The van der Waals surface area contributed by atoms with E-state index in [2.05, 4.69) is 15.1 Å². The van der Waals surface area contributed by atoms with E-state index < -0.39 is 0 Å². The molecular weight excluding hydrogens is 338 g/mol. The molecule has 138 valence electrons. The van der Waals surface area contributed by atoms with E-state index in [0.29, 0.717) is 11.3 Å². The molecule has 1 unspecified atom stereocenters. The lowest BCUT2D eigenvalue weighted by Gasteiger charge is -2.27. The lowest BCUT2D eigenvalue weighted by molar-refractivity contribution is 0.525. The number of hydrogen-bond acceptors (Lipinski definition) is 5. The molecule has 1 saturated heterocycles. The van der Waals surface area contributed by atoms with Gasteiger partial charge in [-0.25, -0.2) is 4.98 Å². The van der Waals surface area contributed by atoms with E-state index in [0.717, 1.165) is 48.8 Å². The largest absolute Gasteiger partial charge is 0.345 e. The first-order valence-electron chi connectivity index (χ1n) is 9.77. The second-order valence-electron chi connectivity index (χ2n) is 7.73. The summed E-state index contributed by atoms with van der Waals surface area (Å²) in [5, 5.41) is 9.31. The van der Waals surface area contributed by atoms with Gasteiger partial charge in [0.25, 0.3) is 5.56 Å². The van der Waals surface area contributed by atoms with Crippen molar-refractivity contribution in [2.45, 2.75) is 45.2 Å². The summed E-state index contributed by atoms with van der Waals surface area (Å²) in [5.41, 5.74) is 1.78. The minimum atomic E-state index is 0.0677. The highest BCUT2D eigenvalue weighted by Crippen LogP contribution is 2.36. The van der Waals surface area contributed by atoms with Crippen molar-refractivity contribution < 1.29 is 0 Å². The Kier molecular flexibility index (Phi) is 3.92. The maximum Gasteiger partial charge on any atom is 0.261 e. The molecule has 3 aromatic rings. The van der Waals surface area contributed by atoms with Gasteiger partial charge in [-0.15, -0.1) is 5.10 Å². The number of para-hydroxylation sites is 1. The third-order valence-electron chi connectivity index (χ3n) is 5.66. The van der Waals surface area contributed by atoms with Crippen LogP contribution in [-0.2, 0) is 6.54 Å². The number of nitrogens with zero attached hydrogens (tertiary/aromatic N) is 5. The highest BCUT2D eigenvalue weighted by atomic mass is 16.1. The monoisotopic (exact) mass is 361 g/mol. The summed E-state index contributed by atoms with van der Waals surface area (Å²) in [6, 6.07) is 11.8. The van der Waals surface area contributed by atoms with E-state index in [4.69, 9.17) is 4.98 Å². The third-order valence-corrected chi connectivity index (χ3v) is 5.66. The fourth-order valence-corrected chi connectivity index (χ4v) is 4.03. The van der Waals surface area contributed by atoms with Crippen molar-refractivity contribution in [2.24, 2.45) is 5.92 Å². The summed E-state index contributed by atoms with van der Waals surface area (Å²) in [5.74, 6) is 2.35. The molecular formula is C21H23N5O. The molecule has 2 aliphatic rings.